The van der Waals surface area contributed by atoms with Gasteiger partial charge in [0.05, 0.1) is 12.7 Å². The first-order valence-electron chi connectivity index (χ1n) is 6.65. The maximum absolute atomic E-state index is 11.4. The number of nitrogens with one attached hydrogen (secondary N) is 2. The molecule has 0 bridgehead atoms. The van der Waals surface area contributed by atoms with Gasteiger partial charge in [-0.1, -0.05) is 41.6 Å². The molecule has 1 aromatic heterocycles. The molecule has 6 nitrogen and oxygen atoms in total. The number of rotatable bonds is 4. The van der Waals surface area contributed by atoms with Crippen LogP contribution in [0.5, 0.6) is 0 Å². The van der Waals surface area contributed by atoms with Gasteiger partial charge < -0.3 is 5.32 Å². The van der Waals surface area contributed by atoms with Gasteiger partial charge in [0.15, 0.2) is 5.11 Å². The summed E-state index contributed by atoms with van der Waals surface area (Å²) in [5.41, 5.74) is 2.29. The average molecular weight is 311 g/mol. The minimum absolute atomic E-state index is 0.234. The number of benzene rings is 1. The summed E-state index contributed by atoms with van der Waals surface area (Å²) in [7, 11) is 0. The highest BCUT2D eigenvalue weighted by atomic mass is 32.1. The summed E-state index contributed by atoms with van der Waals surface area (Å²) in [6, 6.07) is 10.0. The second-order valence-electron chi connectivity index (χ2n) is 4.67. The molecule has 3 rings (SSSR count). The highest BCUT2D eigenvalue weighted by Gasteiger charge is 2.18. The third kappa shape index (κ3) is 3.44. The SMILES string of the molecule is O=C1NC(=S)N/C1=C\C=C\c1cn(Cc2ccccc2)nn1. The number of thiocarbonyl (C=S) groups is 1. The lowest BCUT2D eigenvalue weighted by molar-refractivity contribution is -0.115. The number of aromatic nitrogens is 3. The van der Waals surface area contributed by atoms with E-state index in [1.165, 1.54) is 0 Å². The third-order valence-electron chi connectivity index (χ3n) is 2.99. The molecule has 1 aliphatic rings. The van der Waals surface area contributed by atoms with Crippen molar-refractivity contribution in [3.8, 4) is 0 Å². The molecular formula is C15H13N5OS. The van der Waals surface area contributed by atoms with E-state index in [0.717, 1.165) is 5.56 Å². The maximum atomic E-state index is 11.4. The van der Waals surface area contributed by atoms with Crippen molar-refractivity contribution in [2.45, 2.75) is 6.54 Å². The van der Waals surface area contributed by atoms with Crippen molar-refractivity contribution in [1.29, 1.82) is 0 Å². The van der Waals surface area contributed by atoms with Crippen molar-refractivity contribution in [2.75, 3.05) is 0 Å². The molecule has 0 spiro atoms. The lowest BCUT2D eigenvalue weighted by atomic mass is 10.2. The summed E-state index contributed by atoms with van der Waals surface area (Å²) in [6.07, 6.45) is 6.99. The Balaban J connectivity index is 1.64. The van der Waals surface area contributed by atoms with Crippen LogP contribution >= 0.6 is 12.2 Å². The molecule has 110 valence electrons. The van der Waals surface area contributed by atoms with Crippen molar-refractivity contribution >= 4 is 29.3 Å². The number of hydrogen-bond donors (Lipinski definition) is 2. The zero-order valence-corrected chi connectivity index (χ0v) is 12.4. The summed E-state index contributed by atoms with van der Waals surface area (Å²) in [5, 5.41) is 13.7. The molecule has 0 atom stereocenters. The summed E-state index contributed by atoms with van der Waals surface area (Å²) in [4.78, 5) is 11.4. The van der Waals surface area contributed by atoms with E-state index >= 15 is 0 Å². The Kier molecular flexibility index (Phi) is 4.06. The van der Waals surface area contributed by atoms with E-state index in [-0.39, 0.29) is 5.91 Å². The minimum Gasteiger partial charge on any atom is -0.328 e. The summed E-state index contributed by atoms with van der Waals surface area (Å²) < 4.78 is 1.76. The van der Waals surface area contributed by atoms with E-state index in [9.17, 15) is 4.79 Å². The number of carbonyl (C=O) groups is 1. The van der Waals surface area contributed by atoms with Gasteiger partial charge in [-0.05, 0) is 29.9 Å². The molecule has 1 aromatic carbocycles. The van der Waals surface area contributed by atoms with Crippen LogP contribution in [0, 0.1) is 0 Å². The molecule has 1 aliphatic heterocycles. The normalized spacial score (nSPS) is 16.3. The average Bonchev–Trinajstić information content (AvgIpc) is 3.07. The molecule has 0 saturated carbocycles. The smallest absolute Gasteiger partial charge is 0.273 e. The van der Waals surface area contributed by atoms with Crippen LogP contribution in [0.2, 0.25) is 0 Å². The van der Waals surface area contributed by atoms with Crippen molar-refractivity contribution < 1.29 is 4.79 Å². The van der Waals surface area contributed by atoms with Crippen LogP contribution in [0.25, 0.3) is 6.08 Å². The largest absolute Gasteiger partial charge is 0.328 e. The third-order valence-corrected chi connectivity index (χ3v) is 3.20. The molecular weight excluding hydrogens is 298 g/mol. The second-order valence-corrected chi connectivity index (χ2v) is 5.08. The predicted molar refractivity (Wildman–Crippen MR) is 86.6 cm³/mol. The molecule has 7 heteroatoms. The van der Waals surface area contributed by atoms with E-state index in [1.54, 1.807) is 22.9 Å². The number of carbonyl (C=O) groups excluding carboxylic acids is 1. The van der Waals surface area contributed by atoms with E-state index in [4.69, 9.17) is 12.2 Å². The zero-order valence-electron chi connectivity index (χ0n) is 11.6. The number of amides is 1. The van der Waals surface area contributed by atoms with Crippen LogP contribution in [0.3, 0.4) is 0 Å². The van der Waals surface area contributed by atoms with Gasteiger partial charge in [-0.2, -0.15) is 0 Å². The topological polar surface area (TPSA) is 71.8 Å². The fraction of sp³-hybridized carbons (Fsp3) is 0.0667. The minimum atomic E-state index is -0.234. The number of allylic oxidation sites excluding steroid dienone is 2. The van der Waals surface area contributed by atoms with Crippen LogP contribution in [0.1, 0.15) is 11.3 Å². The molecule has 1 amide bonds. The second kappa shape index (κ2) is 6.31. The zero-order chi connectivity index (χ0) is 15.4. The van der Waals surface area contributed by atoms with Gasteiger partial charge in [-0.25, -0.2) is 4.68 Å². The first-order chi connectivity index (χ1) is 10.7. The van der Waals surface area contributed by atoms with Crippen molar-refractivity contribution in [3.63, 3.8) is 0 Å². The van der Waals surface area contributed by atoms with Gasteiger partial charge in [0.1, 0.15) is 11.4 Å². The van der Waals surface area contributed by atoms with Crippen molar-refractivity contribution in [1.82, 2.24) is 25.6 Å². The Hall–Kier alpha value is -2.80. The Morgan fingerprint density at radius 2 is 2.05 bits per heavy atom. The van der Waals surface area contributed by atoms with E-state index < -0.39 is 0 Å². The Labute approximate surface area is 132 Å². The standard InChI is InChI=1S/C15H13N5OS/c21-14-13(16-15(22)17-14)8-4-7-12-10-20(19-18-12)9-11-5-2-1-3-6-11/h1-8,10H,9H2,(H2,16,17,21,22)/b7-4+,13-8-. The van der Waals surface area contributed by atoms with E-state index in [1.807, 2.05) is 36.5 Å². The van der Waals surface area contributed by atoms with Crippen LogP contribution in [-0.2, 0) is 11.3 Å². The molecule has 1 fully saturated rings. The first kappa shape index (κ1) is 14.2. The molecule has 2 heterocycles. The molecule has 2 N–H and O–H groups in total. The predicted octanol–water partition coefficient (Wildman–Crippen LogP) is 1.23. The summed E-state index contributed by atoms with van der Waals surface area (Å²) in [5.74, 6) is -0.234. The quantitative estimate of drug-likeness (QED) is 0.656. The Bertz CT molecular complexity index is 763. The Morgan fingerprint density at radius 3 is 2.77 bits per heavy atom. The van der Waals surface area contributed by atoms with Crippen LogP contribution in [0.15, 0.2) is 54.4 Å². The van der Waals surface area contributed by atoms with Gasteiger partial charge in [0.2, 0.25) is 0 Å². The molecule has 22 heavy (non-hydrogen) atoms. The van der Waals surface area contributed by atoms with Crippen molar-refractivity contribution in [3.05, 3.63) is 65.6 Å². The lowest BCUT2D eigenvalue weighted by Crippen LogP contribution is -2.21. The lowest BCUT2D eigenvalue weighted by Gasteiger charge is -1.98. The fourth-order valence-electron chi connectivity index (χ4n) is 1.98. The maximum Gasteiger partial charge on any atom is 0.273 e. The highest BCUT2D eigenvalue weighted by Crippen LogP contribution is 2.04. The Morgan fingerprint density at radius 1 is 1.23 bits per heavy atom. The van der Waals surface area contributed by atoms with E-state index in [2.05, 4.69) is 20.9 Å². The summed E-state index contributed by atoms with van der Waals surface area (Å²) >= 11 is 4.85. The van der Waals surface area contributed by atoms with E-state index in [0.29, 0.717) is 23.0 Å². The molecule has 2 aromatic rings. The van der Waals surface area contributed by atoms with Gasteiger partial charge in [0.25, 0.3) is 5.91 Å². The molecule has 0 unspecified atom stereocenters. The van der Waals surface area contributed by atoms with Gasteiger partial charge in [-0.3, -0.25) is 10.1 Å². The van der Waals surface area contributed by atoms with Crippen LogP contribution < -0.4 is 10.6 Å². The van der Waals surface area contributed by atoms with Crippen molar-refractivity contribution in [2.24, 2.45) is 0 Å². The fourth-order valence-corrected chi connectivity index (χ4v) is 2.18. The number of hydrogen-bond acceptors (Lipinski definition) is 4. The van der Waals surface area contributed by atoms with Crippen LogP contribution in [-0.4, -0.2) is 26.0 Å². The van der Waals surface area contributed by atoms with Gasteiger partial charge >= 0.3 is 0 Å². The van der Waals surface area contributed by atoms with Gasteiger partial charge in [-0.15, -0.1) is 5.10 Å². The first-order valence-corrected chi connectivity index (χ1v) is 7.06. The molecule has 0 aliphatic carbocycles. The number of nitrogens with zero attached hydrogens (tertiary/aromatic N) is 3. The van der Waals surface area contributed by atoms with Gasteiger partial charge in [0, 0.05) is 0 Å². The molecule has 0 radical (unpaired) electrons. The highest BCUT2D eigenvalue weighted by molar-refractivity contribution is 7.80. The summed E-state index contributed by atoms with van der Waals surface area (Å²) in [6.45, 7) is 0.668. The van der Waals surface area contributed by atoms with Crippen LogP contribution in [0.4, 0.5) is 0 Å². The molecule has 1 saturated heterocycles. The monoisotopic (exact) mass is 311 g/mol.